The number of hydrogen-bond donors (Lipinski definition) is 6. The predicted octanol–water partition coefficient (Wildman–Crippen LogP) is -3.96. The maximum absolute atomic E-state index is 12.3. The summed E-state index contributed by atoms with van der Waals surface area (Å²) in [6.45, 7) is 0.187. The fourth-order valence-electron chi connectivity index (χ4n) is 3.44. The normalized spacial score (nSPS) is 48.3. The third-order valence-electron chi connectivity index (χ3n) is 4.91. The van der Waals surface area contributed by atoms with Crippen molar-refractivity contribution in [2.45, 2.75) is 54.3 Å². The molecule has 25 heavy (non-hydrogen) atoms. The topological polar surface area (TPSA) is 152 Å². The largest absolute Gasteiger partial charge is 0.389 e. The third kappa shape index (κ3) is 3.53. The molecule has 6 N–H and O–H groups in total. The van der Waals surface area contributed by atoms with E-state index in [0.29, 0.717) is 0 Å². The van der Waals surface area contributed by atoms with E-state index in [4.69, 9.17) is 9.47 Å². The number of nitrogens with one attached hydrogen (secondary N) is 1. The molecule has 3 aliphatic rings. The fraction of sp³-hybridized carbons (Fsp3) is 0.929. The highest BCUT2D eigenvalue weighted by atomic mass is 32.2. The van der Waals surface area contributed by atoms with E-state index in [2.05, 4.69) is 5.32 Å². The highest BCUT2D eigenvalue weighted by molar-refractivity contribution is 8.01. The minimum Gasteiger partial charge on any atom is -0.389 e. The Labute approximate surface area is 148 Å². The predicted molar refractivity (Wildman–Crippen MR) is 85.5 cm³/mol. The first-order chi connectivity index (χ1) is 11.8. The lowest BCUT2D eigenvalue weighted by molar-refractivity contribution is -0.291. The van der Waals surface area contributed by atoms with Crippen molar-refractivity contribution in [1.82, 2.24) is 10.2 Å². The number of rotatable bonds is 4. The van der Waals surface area contributed by atoms with Crippen LogP contribution in [0.5, 0.6) is 0 Å². The minimum absolute atomic E-state index is 0.0394. The molecule has 0 radical (unpaired) electrons. The van der Waals surface area contributed by atoms with Crippen LogP contribution in [0.2, 0.25) is 0 Å². The van der Waals surface area contributed by atoms with Gasteiger partial charge in [0, 0.05) is 13.7 Å². The quantitative estimate of drug-likeness (QED) is 0.285. The highest BCUT2D eigenvalue weighted by Crippen LogP contribution is 2.33. The second kappa shape index (κ2) is 7.62. The first-order valence-corrected chi connectivity index (χ1v) is 9.13. The summed E-state index contributed by atoms with van der Waals surface area (Å²) in [6, 6.07) is -0.513. The van der Waals surface area contributed by atoms with Gasteiger partial charge in [-0.3, -0.25) is 4.79 Å². The molecule has 144 valence electrons. The summed E-state index contributed by atoms with van der Waals surface area (Å²) in [5.41, 5.74) is 0. The first kappa shape index (κ1) is 19.3. The van der Waals surface area contributed by atoms with E-state index in [-0.39, 0.29) is 24.7 Å². The Balaban J connectivity index is 1.72. The van der Waals surface area contributed by atoms with Crippen molar-refractivity contribution in [2.24, 2.45) is 0 Å². The van der Waals surface area contributed by atoms with Gasteiger partial charge in [0.05, 0.1) is 35.9 Å². The number of aliphatic hydroxyl groups is 5. The van der Waals surface area contributed by atoms with Crippen molar-refractivity contribution in [2.75, 3.05) is 26.0 Å². The minimum atomic E-state index is -1.47. The van der Waals surface area contributed by atoms with Crippen LogP contribution >= 0.6 is 11.8 Å². The average Bonchev–Trinajstić information content (AvgIpc) is 3.11. The number of carbonyl (C=O) groups is 1. The number of nitrogens with zero attached hydrogens (tertiary/aromatic N) is 1. The van der Waals surface area contributed by atoms with E-state index in [1.54, 1.807) is 0 Å². The van der Waals surface area contributed by atoms with Crippen LogP contribution in [0.4, 0.5) is 0 Å². The Bertz CT molecular complexity index is 497. The van der Waals surface area contributed by atoms with E-state index in [1.165, 1.54) is 23.8 Å². The maximum atomic E-state index is 12.3. The van der Waals surface area contributed by atoms with E-state index in [1.807, 2.05) is 0 Å². The molecule has 3 aliphatic heterocycles. The van der Waals surface area contributed by atoms with Gasteiger partial charge in [0.1, 0.15) is 24.4 Å². The smallest absolute Gasteiger partial charge is 0.233 e. The molecule has 0 bridgehead atoms. The lowest BCUT2D eigenvalue weighted by Gasteiger charge is -2.42. The van der Waals surface area contributed by atoms with E-state index in [0.717, 1.165) is 0 Å². The van der Waals surface area contributed by atoms with Crippen molar-refractivity contribution in [3.05, 3.63) is 0 Å². The summed E-state index contributed by atoms with van der Waals surface area (Å²) in [4.78, 5) is 13.7. The van der Waals surface area contributed by atoms with Gasteiger partial charge >= 0.3 is 0 Å². The van der Waals surface area contributed by atoms with Gasteiger partial charge < -0.3 is 45.2 Å². The summed E-state index contributed by atoms with van der Waals surface area (Å²) in [6.07, 6.45) is -8.26. The number of β-amino-alcohol motifs (C(OH)–C–C–N with tert-alkyl or cyclic N) is 1. The molecule has 11 heteroatoms. The molecule has 0 aliphatic carbocycles. The van der Waals surface area contributed by atoms with Gasteiger partial charge in [0.2, 0.25) is 5.91 Å². The van der Waals surface area contributed by atoms with E-state index < -0.39 is 54.3 Å². The van der Waals surface area contributed by atoms with Crippen LogP contribution < -0.4 is 5.32 Å². The van der Waals surface area contributed by atoms with Crippen molar-refractivity contribution < 1.29 is 39.8 Å². The van der Waals surface area contributed by atoms with Crippen molar-refractivity contribution in [1.29, 1.82) is 0 Å². The van der Waals surface area contributed by atoms with Gasteiger partial charge in [-0.2, -0.15) is 0 Å². The van der Waals surface area contributed by atoms with Gasteiger partial charge in [-0.25, -0.2) is 0 Å². The lowest BCUT2D eigenvalue weighted by atomic mass is 9.98. The second-order valence-electron chi connectivity index (χ2n) is 6.49. The van der Waals surface area contributed by atoms with Crippen LogP contribution in [0, 0.1) is 0 Å². The van der Waals surface area contributed by atoms with Crippen molar-refractivity contribution in [3.63, 3.8) is 0 Å². The number of methoxy groups -OCH3 is 1. The Morgan fingerprint density at radius 2 is 1.92 bits per heavy atom. The Kier molecular flexibility index (Phi) is 5.88. The van der Waals surface area contributed by atoms with Gasteiger partial charge in [-0.15, -0.1) is 11.8 Å². The SMILES string of the molecule is CO[C@H]1O[C@H](CN2C(=O)CS[C@@H]2[C@@H]2NC[C@@H](O)[C@H]2O)[C@@H](O)[C@H](O)[C@H]1O. The molecule has 3 heterocycles. The van der Waals surface area contributed by atoms with Crippen LogP contribution in [0.25, 0.3) is 0 Å². The molecule has 0 saturated carbocycles. The molecular formula is C14H24N2O8S. The van der Waals surface area contributed by atoms with Gasteiger partial charge in [-0.05, 0) is 0 Å². The molecule has 0 aromatic carbocycles. The monoisotopic (exact) mass is 380 g/mol. The summed E-state index contributed by atoms with van der Waals surface area (Å²) < 4.78 is 10.4. The Morgan fingerprint density at radius 3 is 2.52 bits per heavy atom. The summed E-state index contributed by atoms with van der Waals surface area (Å²) >= 11 is 1.32. The van der Waals surface area contributed by atoms with Gasteiger partial charge in [0.15, 0.2) is 6.29 Å². The summed E-state index contributed by atoms with van der Waals surface area (Å²) in [5, 5.41) is 52.3. The Hall–Kier alpha value is -0.500. The van der Waals surface area contributed by atoms with Crippen LogP contribution in [-0.2, 0) is 14.3 Å². The fourth-order valence-corrected chi connectivity index (χ4v) is 4.77. The lowest BCUT2D eigenvalue weighted by Crippen LogP contribution is -2.62. The molecule has 1 amide bonds. The zero-order valence-electron chi connectivity index (χ0n) is 13.6. The number of carbonyl (C=O) groups excluding carboxylic acids is 1. The molecule has 10 nitrogen and oxygen atoms in total. The number of amides is 1. The van der Waals surface area contributed by atoms with Crippen molar-refractivity contribution in [3.8, 4) is 0 Å². The maximum Gasteiger partial charge on any atom is 0.233 e. The van der Waals surface area contributed by atoms with Crippen LogP contribution in [0.15, 0.2) is 0 Å². The third-order valence-corrected chi connectivity index (χ3v) is 6.22. The molecule has 3 saturated heterocycles. The van der Waals surface area contributed by atoms with Crippen molar-refractivity contribution >= 4 is 17.7 Å². The van der Waals surface area contributed by atoms with Crippen LogP contribution in [0.3, 0.4) is 0 Å². The molecule has 0 aromatic heterocycles. The zero-order chi connectivity index (χ0) is 18.3. The molecule has 3 rings (SSSR count). The molecule has 0 aromatic rings. The summed E-state index contributed by atoms with van der Waals surface area (Å²) in [5.74, 6) is 0.00339. The summed E-state index contributed by atoms with van der Waals surface area (Å²) in [7, 11) is 1.30. The number of aliphatic hydroxyl groups excluding tert-OH is 5. The van der Waals surface area contributed by atoms with Crippen LogP contribution in [0.1, 0.15) is 0 Å². The first-order valence-electron chi connectivity index (χ1n) is 8.08. The molecular weight excluding hydrogens is 356 g/mol. The van der Waals surface area contributed by atoms with E-state index >= 15 is 0 Å². The standard InChI is InChI=1S/C14H24N2O8S/c1-23-14-12(22)11(21)10(20)6(24-14)3-16-7(18)4-25-13(16)8-9(19)5(17)2-15-8/h5-6,8-15,17,19-22H,2-4H2,1H3/t5-,6-,8-,9-,10-,11+,12-,13-,14+/m1/s1. The molecule has 0 spiro atoms. The van der Waals surface area contributed by atoms with Crippen LogP contribution in [-0.4, -0.2) is 117 Å². The van der Waals surface area contributed by atoms with Gasteiger partial charge in [-0.1, -0.05) is 0 Å². The number of hydrogen-bond acceptors (Lipinski definition) is 10. The van der Waals surface area contributed by atoms with E-state index in [9.17, 15) is 30.3 Å². The number of thioether (sulfide) groups is 1. The Morgan fingerprint density at radius 1 is 1.20 bits per heavy atom. The van der Waals surface area contributed by atoms with Gasteiger partial charge in [0.25, 0.3) is 0 Å². The molecule has 3 fully saturated rings. The highest BCUT2D eigenvalue weighted by Gasteiger charge is 2.49. The molecule has 0 unspecified atom stereocenters. The second-order valence-corrected chi connectivity index (χ2v) is 7.60. The number of ether oxygens (including phenoxy) is 2. The average molecular weight is 380 g/mol. The molecule has 9 atom stereocenters. The zero-order valence-corrected chi connectivity index (χ0v) is 14.5.